The number of ether oxygens (including phenoxy) is 3. The lowest BCUT2D eigenvalue weighted by Gasteiger charge is -2.18. The molecule has 0 aromatic heterocycles. The number of carbonyl (C=O) groups is 3. The molecule has 6 heteroatoms. The van der Waals surface area contributed by atoms with E-state index in [0.717, 1.165) is 69.6 Å². The maximum atomic E-state index is 12.8. The van der Waals surface area contributed by atoms with Crippen molar-refractivity contribution in [2.75, 3.05) is 13.2 Å². The van der Waals surface area contributed by atoms with Crippen molar-refractivity contribution in [2.45, 2.75) is 310 Å². The van der Waals surface area contributed by atoms with E-state index in [1.165, 1.54) is 193 Å². The standard InChI is InChI=1S/C55H106O6/c1-6-8-9-10-11-12-13-23-27-30-37-42-47-55(58)61-52(49-60-54(57)46-41-36-32-31-34-39-44-51(5)7-2)48-59-53(56)45-40-35-29-26-24-21-19-17-15-14-16-18-20-22-25-28-33-38-43-50(3)4/h50-52H,6-49H2,1-5H3/t51?,52-/m1/s1. The summed E-state index contributed by atoms with van der Waals surface area (Å²) in [5, 5.41) is 0. The highest BCUT2D eigenvalue weighted by Gasteiger charge is 2.19. The lowest BCUT2D eigenvalue weighted by Crippen LogP contribution is -2.30. The Kier molecular flexibility index (Phi) is 46.6. The summed E-state index contributed by atoms with van der Waals surface area (Å²) < 4.78 is 16.8. The molecule has 0 aromatic rings. The lowest BCUT2D eigenvalue weighted by molar-refractivity contribution is -0.167. The van der Waals surface area contributed by atoms with Crippen LogP contribution in [0.25, 0.3) is 0 Å². The number of hydrogen-bond donors (Lipinski definition) is 0. The average molecular weight is 863 g/mol. The second-order valence-electron chi connectivity index (χ2n) is 19.6. The molecule has 0 saturated heterocycles. The van der Waals surface area contributed by atoms with Crippen molar-refractivity contribution in [1.82, 2.24) is 0 Å². The Balaban J connectivity index is 4.19. The van der Waals surface area contributed by atoms with E-state index < -0.39 is 6.10 Å². The van der Waals surface area contributed by atoms with Gasteiger partial charge in [-0.2, -0.15) is 0 Å². The van der Waals surface area contributed by atoms with Crippen LogP contribution in [0.5, 0.6) is 0 Å². The summed E-state index contributed by atoms with van der Waals surface area (Å²) >= 11 is 0. The van der Waals surface area contributed by atoms with Crippen molar-refractivity contribution in [3.8, 4) is 0 Å². The van der Waals surface area contributed by atoms with Crippen LogP contribution in [0, 0.1) is 11.8 Å². The molecule has 1 unspecified atom stereocenters. The van der Waals surface area contributed by atoms with E-state index in [2.05, 4.69) is 34.6 Å². The van der Waals surface area contributed by atoms with Crippen LogP contribution in [0.4, 0.5) is 0 Å². The summed E-state index contributed by atoms with van der Waals surface area (Å²) in [6.07, 6.45) is 49.6. The number of unbranched alkanes of at least 4 members (excludes halogenated alkanes) is 33. The number of rotatable bonds is 49. The van der Waals surface area contributed by atoms with E-state index in [4.69, 9.17) is 14.2 Å². The van der Waals surface area contributed by atoms with Gasteiger partial charge in [0.1, 0.15) is 13.2 Å². The average Bonchev–Trinajstić information content (AvgIpc) is 3.24. The molecular formula is C55H106O6. The van der Waals surface area contributed by atoms with Gasteiger partial charge in [-0.05, 0) is 31.1 Å². The maximum Gasteiger partial charge on any atom is 0.306 e. The molecule has 0 aliphatic carbocycles. The minimum Gasteiger partial charge on any atom is -0.462 e. The molecule has 362 valence electrons. The molecule has 0 fully saturated rings. The molecule has 0 rings (SSSR count). The van der Waals surface area contributed by atoms with Crippen LogP contribution in [0.2, 0.25) is 0 Å². The summed E-state index contributed by atoms with van der Waals surface area (Å²) in [4.78, 5) is 37.9. The van der Waals surface area contributed by atoms with Crippen LogP contribution < -0.4 is 0 Å². The monoisotopic (exact) mass is 863 g/mol. The zero-order valence-corrected chi connectivity index (χ0v) is 41.8. The third kappa shape index (κ3) is 47.7. The summed E-state index contributed by atoms with van der Waals surface area (Å²) in [5.41, 5.74) is 0. The molecule has 0 aliphatic heterocycles. The van der Waals surface area contributed by atoms with Gasteiger partial charge in [0.2, 0.25) is 0 Å². The molecule has 61 heavy (non-hydrogen) atoms. The Morgan fingerprint density at radius 2 is 0.623 bits per heavy atom. The first-order chi connectivity index (χ1) is 29.8. The molecule has 0 aromatic carbocycles. The van der Waals surface area contributed by atoms with Crippen LogP contribution in [-0.2, 0) is 28.6 Å². The predicted octanol–water partition coefficient (Wildman–Crippen LogP) is 17.7. The van der Waals surface area contributed by atoms with Crippen LogP contribution in [0.3, 0.4) is 0 Å². The molecule has 0 radical (unpaired) electrons. The van der Waals surface area contributed by atoms with E-state index in [0.29, 0.717) is 19.3 Å². The second kappa shape index (κ2) is 47.9. The van der Waals surface area contributed by atoms with Crippen LogP contribution in [0.1, 0.15) is 304 Å². The first-order valence-corrected chi connectivity index (χ1v) is 27.3. The zero-order valence-electron chi connectivity index (χ0n) is 41.8. The number of esters is 3. The fourth-order valence-corrected chi connectivity index (χ4v) is 8.31. The van der Waals surface area contributed by atoms with Gasteiger partial charge < -0.3 is 14.2 Å². The molecule has 0 spiro atoms. The zero-order chi connectivity index (χ0) is 44.7. The van der Waals surface area contributed by atoms with Crippen LogP contribution in [0.15, 0.2) is 0 Å². The second-order valence-corrected chi connectivity index (χ2v) is 19.6. The van der Waals surface area contributed by atoms with Gasteiger partial charge in [-0.1, -0.05) is 266 Å². The summed E-state index contributed by atoms with van der Waals surface area (Å²) in [7, 11) is 0. The number of carbonyl (C=O) groups excluding carboxylic acids is 3. The van der Waals surface area contributed by atoms with E-state index in [-0.39, 0.29) is 31.1 Å². The topological polar surface area (TPSA) is 78.9 Å². The van der Waals surface area contributed by atoms with Gasteiger partial charge >= 0.3 is 17.9 Å². The van der Waals surface area contributed by atoms with Crippen molar-refractivity contribution >= 4 is 17.9 Å². The molecule has 0 N–H and O–H groups in total. The van der Waals surface area contributed by atoms with Gasteiger partial charge in [0, 0.05) is 19.3 Å². The van der Waals surface area contributed by atoms with Crippen molar-refractivity contribution < 1.29 is 28.6 Å². The minimum atomic E-state index is -0.762. The Morgan fingerprint density at radius 1 is 0.344 bits per heavy atom. The van der Waals surface area contributed by atoms with Crippen molar-refractivity contribution in [1.29, 1.82) is 0 Å². The Labute approximate surface area is 380 Å². The molecular weight excluding hydrogens is 757 g/mol. The van der Waals surface area contributed by atoms with Crippen molar-refractivity contribution in [3.05, 3.63) is 0 Å². The van der Waals surface area contributed by atoms with Crippen molar-refractivity contribution in [3.63, 3.8) is 0 Å². The maximum absolute atomic E-state index is 12.8. The summed E-state index contributed by atoms with van der Waals surface area (Å²) in [6, 6.07) is 0. The van der Waals surface area contributed by atoms with Crippen LogP contribution in [-0.4, -0.2) is 37.2 Å². The van der Waals surface area contributed by atoms with Gasteiger partial charge in [-0.15, -0.1) is 0 Å². The highest BCUT2D eigenvalue weighted by atomic mass is 16.6. The molecule has 0 bridgehead atoms. The molecule has 2 atom stereocenters. The molecule has 6 nitrogen and oxygen atoms in total. The van der Waals surface area contributed by atoms with Gasteiger partial charge in [0.25, 0.3) is 0 Å². The smallest absolute Gasteiger partial charge is 0.306 e. The summed E-state index contributed by atoms with van der Waals surface area (Å²) in [5.74, 6) is 0.825. The van der Waals surface area contributed by atoms with E-state index in [9.17, 15) is 14.4 Å². The molecule has 0 saturated carbocycles. The SMILES string of the molecule is CCCCCCCCCCCCCCC(=O)O[C@H](COC(=O)CCCCCCCCCCCCCCCCCCCCC(C)C)COC(=O)CCCCCCCCC(C)CC. The van der Waals surface area contributed by atoms with E-state index >= 15 is 0 Å². The third-order valence-corrected chi connectivity index (χ3v) is 12.8. The van der Waals surface area contributed by atoms with Gasteiger partial charge in [-0.25, -0.2) is 0 Å². The van der Waals surface area contributed by atoms with Gasteiger partial charge in [0.05, 0.1) is 0 Å². The van der Waals surface area contributed by atoms with Crippen LogP contribution >= 0.6 is 0 Å². The quantitative estimate of drug-likeness (QED) is 0.0344. The fraction of sp³-hybridized carbons (Fsp3) is 0.945. The molecule has 0 heterocycles. The largest absolute Gasteiger partial charge is 0.462 e. The molecule has 0 amide bonds. The summed E-state index contributed by atoms with van der Waals surface area (Å²) in [6.45, 7) is 11.4. The first kappa shape index (κ1) is 59.4. The van der Waals surface area contributed by atoms with E-state index in [1.54, 1.807) is 0 Å². The first-order valence-electron chi connectivity index (χ1n) is 27.3. The highest BCUT2D eigenvalue weighted by Crippen LogP contribution is 2.18. The Morgan fingerprint density at radius 3 is 0.934 bits per heavy atom. The Hall–Kier alpha value is -1.59. The third-order valence-electron chi connectivity index (χ3n) is 12.8. The van der Waals surface area contributed by atoms with Gasteiger partial charge in [-0.3, -0.25) is 14.4 Å². The lowest BCUT2D eigenvalue weighted by atomic mass is 10.00. The van der Waals surface area contributed by atoms with Gasteiger partial charge in [0.15, 0.2) is 6.10 Å². The van der Waals surface area contributed by atoms with E-state index in [1.807, 2.05) is 0 Å². The predicted molar refractivity (Wildman–Crippen MR) is 261 cm³/mol. The van der Waals surface area contributed by atoms with Crippen molar-refractivity contribution in [2.24, 2.45) is 11.8 Å². The minimum absolute atomic E-state index is 0.0639. The number of hydrogen-bond acceptors (Lipinski definition) is 6. The molecule has 0 aliphatic rings. The fourth-order valence-electron chi connectivity index (χ4n) is 8.31. The Bertz CT molecular complexity index is 933. The highest BCUT2D eigenvalue weighted by molar-refractivity contribution is 5.71. The normalized spacial score (nSPS) is 12.5.